The number of likely N-dealkylation sites (N-methyl/N-ethyl adjacent to an activating group) is 1. The van der Waals surface area contributed by atoms with Gasteiger partial charge in [-0.2, -0.15) is 0 Å². The molecule has 10 heteroatoms. The number of fused-ring (bicyclic) bond motifs is 1. The van der Waals surface area contributed by atoms with Crippen molar-refractivity contribution >= 4 is 23.2 Å². The second kappa shape index (κ2) is 8.21. The third kappa shape index (κ3) is 3.86. The summed E-state index contributed by atoms with van der Waals surface area (Å²) in [5, 5.41) is 2.53. The van der Waals surface area contributed by atoms with E-state index in [1.165, 1.54) is 11.6 Å². The Bertz CT molecular complexity index is 1060. The number of hydrogen-bond donors (Lipinski definition) is 3. The highest BCUT2D eigenvalue weighted by molar-refractivity contribution is 6.02. The smallest absolute Gasteiger partial charge is 0.329 e. The summed E-state index contributed by atoms with van der Waals surface area (Å²) in [5.41, 5.74) is 4.87. The minimum atomic E-state index is -0.825. The van der Waals surface area contributed by atoms with Crippen LogP contribution < -0.4 is 31.9 Å². The molecular weight excluding hydrogens is 378 g/mol. The molecule has 0 radical (unpaired) electrons. The molecule has 0 fully saturated rings. The number of carbonyl (C=O) groups is 2. The van der Waals surface area contributed by atoms with Crippen LogP contribution in [-0.4, -0.2) is 47.5 Å². The fraction of sp³-hybridized carbons (Fsp3) is 0.368. The number of ether oxygens (including phenoxy) is 1. The standard InChI is InChI=1S/C19H23N5O5/c1-3-8-24-16(20)15(18(27)22-19(24)28)12(25)9-23-10-14(17(26)21-2)29-13-7-5-4-6-11(13)23/h4-7,14H,3,8-10,20H2,1-2H3,(H,21,26)(H,22,27,28)/t14-/m1/s1. The summed E-state index contributed by atoms with van der Waals surface area (Å²) in [6, 6.07) is 7.00. The minimum absolute atomic E-state index is 0.120. The van der Waals surface area contributed by atoms with Crippen LogP contribution in [0.4, 0.5) is 11.5 Å². The van der Waals surface area contributed by atoms with E-state index in [1.807, 2.05) is 6.92 Å². The predicted octanol–water partition coefficient (Wildman–Crippen LogP) is -0.275. The van der Waals surface area contributed by atoms with Gasteiger partial charge in [0.2, 0.25) is 0 Å². The molecule has 10 nitrogen and oxygen atoms in total. The van der Waals surface area contributed by atoms with Gasteiger partial charge in [-0.3, -0.25) is 23.9 Å². The summed E-state index contributed by atoms with van der Waals surface area (Å²) < 4.78 is 6.89. The number of rotatable bonds is 6. The van der Waals surface area contributed by atoms with Gasteiger partial charge in [0.15, 0.2) is 11.9 Å². The van der Waals surface area contributed by atoms with E-state index in [0.29, 0.717) is 17.9 Å². The lowest BCUT2D eigenvalue weighted by Crippen LogP contribution is -2.50. The SMILES string of the molecule is CCCn1c(N)c(C(=O)CN2C[C@H](C(=O)NC)Oc3ccccc32)c(=O)[nH]c1=O. The minimum Gasteiger partial charge on any atom is -0.477 e. The molecule has 0 bridgehead atoms. The maximum atomic E-state index is 13.0. The van der Waals surface area contributed by atoms with Gasteiger partial charge in [-0.1, -0.05) is 19.1 Å². The van der Waals surface area contributed by atoms with Crippen LogP contribution in [0.25, 0.3) is 0 Å². The van der Waals surface area contributed by atoms with Crippen molar-refractivity contribution in [3.8, 4) is 5.75 Å². The molecule has 29 heavy (non-hydrogen) atoms. The highest BCUT2D eigenvalue weighted by atomic mass is 16.5. The Labute approximate surface area is 166 Å². The van der Waals surface area contributed by atoms with Gasteiger partial charge in [0.05, 0.1) is 18.8 Å². The fourth-order valence-corrected chi connectivity index (χ4v) is 3.31. The first-order valence-electron chi connectivity index (χ1n) is 9.25. The van der Waals surface area contributed by atoms with E-state index in [0.717, 1.165) is 0 Å². The normalized spacial score (nSPS) is 15.4. The highest BCUT2D eigenvalue weighted by Gasteiger charge is 2.32. The maximum Gasteiger partial charge on any atom is 0.329 e. The van der Waals surface area contributed by atoms with Crippen molar-refractivity contribution in [1.82, 2.24) is 14.9 Å². The third-order valence-corrected chi connectivity index (χ3v) is 4.70. The Morgan fingerprint density at radius 1 is 1.31 bits per heavy atom. The molecule has 1 aliphatic heterocycles. The largest absolute Gasteiger partial charge is 0.477 e. The monoisotopic (exact) mass is 401 g/mol. The molecule has 0 spiro atoms. The Kier molecular flexibility index (Phi) is 5.71. The number of nitrogens with one attached hydrogen (secondary N) is 2. The molecule has 2 aromatic rings. The molecule has 0 aliphatic carbocycles. The Hall–Kier alpha value is -3.56. The Morgan fingerprint density at radius 3 is 2.72 bits per heavy atom. The molecule has 0 saturated heterocycles. The second-order valence-electron chi connectivity index (χ2n) is 6.66. The average Bonchev–Trinajstić information content (AvgIpc) is 2.70. The number of para-hydroxylation sites is 2. The lowest BCUT2D eigenvalue weighted by molar-refractivity contribution is -0.127. The van der Waals surface area contributed by atoms with Crippen LogP contribution in [0.15, 0.2) is 33.9 Å². The molecule has 3 rings (SSSR count). The number of benzene rings is 1. The van der Waals surface area contributed by atoms with Gasteiger partial charge in [-0.05, 0) is 18.6 Å². The highest BCUT2D eigenvalue weighted by Crippen LogP contribution is 2.33. The van der Waals surface area contributed by atoms with Crippen LogP contribution in [0.1, 0.15) is 23.7 Å². The van der Waals surface area contributed by atoms with Gasteiger partial charge in [-0.15, -0.1) is 0 Å². The quantitative estimate of drug-likeness (QED) is 0.566. The number of anilines is 2. The molecular formula is C19H23N5O5. The van der Waals surface area contributed by atoms with Gasteiger partial charge < -0.3 is 20.7 Å². The van der Waals surface area contributed by atoms with Crippen LogP contribution in [0, 0.1) is 0 Å². The molecule has 1 aliphatic rings. The zero-order valence-electron chi connectivity index (χ0n) is 16.2. The van der Waals surface area contributed by atoms with Crippen LogP contribution in [0.2, 0.25) is 0 Å². The summed E-state index contributed by atoms with van der Waals surface area (Å²) in [4.78, 5) is 53.1. The molecule has 0 saturated carbocycles. The molecule has 1 aromatic carbocycles. The van der Waals surface area contributed by atoms with Crippen LogP contribution in [0.3, 0.4) is 0 Å². The first kappa shape index (κ1) is 20.2. The van der Waals surface area contributed by atoms with Gasteiger partial charge in [0, 0.05) is 13.6 Å². The lowest BCUT2D eigenvalue weighted by Gasteiger charge is -2.35. The summed E-state index contributed by atoms with van der Waals surface area (Å²) in [5.74, 6) is -0.584. The van der Waals surface area contributed by atoms with Gasteiger partial charge >= 0.3 is 5.69 Å². The number of hydrogen-bond acceptors (Lipinski definition) is 7. The first-order valence-corrected chi connectivity index (χ1v) is 9.25. The van der Waals surface area contributed by atoms with Gasteiger partial charge in [0.25, 0.3) is 11.5 Å². The second-order valence-corrected chi connectivity index (χ2v) is 6.66. The van der Waals surface area contributed by atoms with Crippen molar-refractivity contribution in [2.24, 2.45) is 0 Å². The number of nitrogens with two attached hydrogens (primary N) is 1. The van der Waals surface area contributed by atoms with Crippen LogP contribution in [0.5, 0.6) is 5.75 Å². The van der Waals surface area contributed by atoms with Crippen molar-refractivity contribution < 1.29 is 14.3 Å². The predicted molar refractivity (Wildman–Crippen MR) is 107 cm³/mol. The molecule has 154 valence electrons. The van der Waals surface area contributed by atoms with E-state index in [2.05, 4.69) is 10.3 Å². The number of amides is 1. The molecule has 0 unspecified atom stereocenters. The molecule has 1 aromatic heterocycles. The number of H-pyrrole nitrogens is 1. The molecule has 1 amide bonds. The Balaban J connectivity index is 1.96. The zero-order chi connectivity index (χ0) is 21.1. The number of aromatic nitrogens is 2. The van der Waals surface area contributed by atoms with Crippen molar-refractivity contribution in [3.63, 3.8) is 0 Å². The summed E-state index contributed by atoms with van der Waals surface area (Å²) >= 11 is 0. The van der Waals surface area contributed by atoms with Crippen molar-refractivity contribution in [2.45, 2.75) is 26.0 Å². The lowest BCUT2D eigenvalue weighted by atomic mass is 10.1. The number of ketones is 1. The van der Waals surface area contributed by atoms with E-state index in [9.17, 15) is 19.2 Å². The van der Waals surface area contributed by atoms with E-state index >= 15 is 0 Å². The summed E-state index contributed by atoms with van der Waals surface area (Å²) in [6.07, 6.45) is -0.207. The summed E-state index contributed by atoms with van der Waals surface area (Å²) in [7, 11) is 1.50. The van der Waals surface area contributed by atoms with E-state index in [4.69, 9.17) is 10.5 Å². The number of nitrogen functional groups attached to an aromatic ring is 1. The first-order chi connectivity index (χ1) is 13.9. The molecule has 1 atom stereocenters. The van der Waals surface area contributed by atoms with E-state index < -0.39 is 23.1 Å². The van der Waals surface area contributed by atoms with Crippen LogP contribution >= 0.6 is 0 Å². The van der Waals surface area contributed by atoms with Crippen molar-refractivity contribution in [1.29, 1.82) is 0 Å². The van der Waals surface area contributed by atoms with E-state index in [-0.39, 0.29) is 36.9 Å². The number of aromatic amines is 1. The number of Topliss-reactive ketones (excluding diaryl/α,β-unsaturated/α-hetero) is 1. The maximum absolute atomic E-state index is 13.0. The molecule has 2 heterocycles. The van der Waals surface area contributed by atoms with Gasteiger partial charge in [-0.25, -0.2) is 4.79 Å². The average molecular weight is 401 g/mol. The number of nitrogens with zero attached hydrogens (tertiary/aromatic N) is 2. The fourth-order valence-electron chi connectivity index (χ4n) is 3.31. The summed E-state index contributed by atoms with van der Waals surface area (Å²) in [6.45, 7) is 2.04. The van der Waals surface area contributed by atoms with Gasteiger partial charge in [0.1, 0.15) is 17.1 Å². The van der Waals surface area contributed by atoms with E-state index in [1.54, 1.807) is 29.2 Å². The van der Waals surface area contributed by atoms with Crippen LogP contribution in [-0.2, 0) is 11.3 Å². The zero-order valence-corrected chi connectivity index (χ0v) is 16.2. The Morgan fingerprint density at radius 2 is 2.03 bits per heavy atom. The molecule has 4 N–H and O–H groups in total. The van der Waals surface area contributed by atoms with Crippen molar-refractivity contribution in [3.05, 3.63) is 50.7 Å². The third-order valence-electron chi connectivity index (χ3n) is 4.70. The van der Waals surface area contributed by atoms with Crippen molar-refractivity contribution in [2.75, 3.05) is 30.8 Å². The number of carbonyl (C=O) groups excluding carboxylic acids is 2. The topological polar surface area (TPSA) is 140 Å².